The zero-order valence-corrected chi connectivity index (χ0v) is 19.0. The van der Waals surface area contributed by atoms with E-state index in [-0.39, 0.29) is 34.5 Å². The number of hydrogen-bond donors (Lipinski definition) is 2. The molecule has 0 spiro atoms. The molecule has 1 atom stereocenters. The van der Waals surface area contributed by atoms with Crippen LogP contribution in [-0.4, -0.2) is 22.5 Å². The van der Waals surface area contributed by atoms with Crippen LogP contribution in [0.3, 0.4) is 0 Å². The van der Waals surface area contributed by atoms with Gasteiger partial charge in [-0.3, -0.25) is 9.79 Å². The van der Waals surface area contributed by atoms with Gasteiger partial charge in [-0.05, 0) is 56.0 Å². The first-order valence-corrected chi connectivity index (χ1v) is 11.5. The number of rotatable bonds is 6. The van der Waals surface area contributed by atoms with Crippen LogP contribution in [0.5, 0.6) is 5.75 Å². The van der Waals surface area contributed by atoms with Crippen molar-refractivity contribution < 1.29 is 22.9 Å². The monoisotopic (exact) mass is 478 g/mol. The van der Waals surface area contributed by atoms with Crippen molar-refractivity contribution >= 4 is 18.0 Å². The highest BCUT2D eigenvalue weighted by Gasteiger charge is 2.46. The van der Waals surface area contributed by atoms with E-state index in [2.05, 4.69) is 4.99 Å². The number of primary amides is 1. The predicted molar refractivity (Wildman–Crippen MR) is 127 cm³/mol. The summed E-state index contributed by atoms with van der Waals surface area (Å²) in [5.41, 5.74) is 7.73. The van der Waals surface area contributed by atoms with Gasteiger partial charge >= 0.3 is 0 Å². The van der Waals surface area contributed by atoms with Gasteiger partial charge in [0.1, 0.15) is 35.9 Å². The molecule has 2 aromatic carbocycles. The number of carbonyl (C=O) groups is 1. The number of carbonyl (C=O) groups excluding carboxylic acids is 1. The second kappa shape index (κ2) is 9.16. The molecule has 5 rings (SSSR count). The number of amides is 1. The fourth-order valence-corrected chi connectivity index (χ4v) is 4.91. The lowest BCUT2D eigenvalue weighted by molar-refractivity contribution is -0.750. The van der Waals surface area contributed by atoms with Gasteiger partial charge in [-0.2, -0.15) is 10.8 Å². The summed E-state index contributed by atoms with van der Waals surface area (Å²) in [5.74, 6) is 6.32. The molecular formula is C26H26F2N5O2+. The van der Waals surface area contributed by atoms with E-state index in [1.165, 1.54) is 18.2 Å². The highest BCUT2D eigenvalue weighted by Crippen LogP contribution is 2.41. The Morgan fingerprint density at radius 3 is 2.51 bits per heavy atom. The van der Waals surface area contributed by atoms with Crippen LogP contribution in [0.1, 0.15) is 36.8 Å². The number of hydrogen-bond acceptors (Lipinski definition) is 5. The highest BCUT2D eigenvalue weighted by molar-refractivity contribution is 6.00. The largest absolute Gasteiger partial charge is 0.489 e. The fraction of sp³-hybridized carbons (Fsp3) is 0.269. The first-order valence-electron chi connectivity index (χ1n) is 11.5. The average molecular weight is 479 g/mol. The van der Waals surface area contributed by atoms with Gasteiger partial charge in [0.25, 0.3) is 5.84 Å². The standard InChI is InChI=1S/C26H25F2N5O2/c27-21-5-2-6-22(28)20(21)15-35-19-4-1-3-18(13-19)26-32-24(23-14-31-11-12-33(23,26)30)16-7-9-17(10-8-16)25(29)34/h1-6,11-14,16-17H,7-10,15,30H2,(H-,29,34)/p+1. The van der Waals surface area contributed by atoms with Crippen LogP contribution in [0.25, 0.3) is 0 Å². The molecule has 0 saturated heterocycles. The lowest BCUT2D eigenvalue weighted by Gasteiger charge is -2.28. The molecule has 0 bridgehead atoms. The molecule has 180 valence electrons. The van der Waals surface area contributed by atoms with Gasteiger partial charge in [-0.25, -0.2) is 8.78 Å². The molecule has 1 aliphatic carbocycles. The van der Waals surface area contributed by atoms with Crippen LogP contribution in [-0.2, 0) is 11.4 Å². The first kappa shape index (κ1) is 23.1. The third-order valence-electron chi connectivity index (χ3n) is 6.88. The molecule has 2 aliphatic heterocycles. The quantitative estimate of drug-likeness (QED) is 0.484. The molecule has 0 radical (unpaired) electrons. The summed E-state index contributed by atoms with van der Waals surface area (Å²) in [6.45, 7) is -0.249. The zero-order chi connectivity index (χ0) is 24.6. The average Bonchev–Trinajstić information content (AvgIpc) is 3.17. The van der Waals surface area contributed by atoms with Gasteiger partial charge < -0.3 is 10.5 Å². The molecule has 1 unspecified atom stereocenters. The van der Waals surface area contributed by atoms with Crippen LogP contribution in [0.15, 0.2) is 76.2 Å². The Bertz CT molecular complexity index is 1270. The molecule has 0 aromatic heterocycles. The number of quaternary nitrogens is 1. The third-order valence-corrected chi connectivity index (χ3v) is 6.88. The summed E-state index contributed by atoms with van der Waals surface area (Å²) in [7, 11) is 0. The zero-order valence-electron chi connectivity index (χ0n) is 19.0. The summed E-state index contributed by atoms with van der Waals surface area (Å²) in [6.07, 6.45) is 8.14. The lowest BCUT2D eigenvalue weighted by atomic mass is 9.80. The van der Waals surface area contributed by atoms with E-state index in [0.717, 1.165) is 42.6 Å². The maximum absolute atomic E-state index is 14.0. The fourth-order valence-electron chi connectivity index (χ4n) is 4.91. The van der Waals surface area contributed by atoms with Crippen molar-refractivity contribution in [1.82, 2.24) is 0 Å². The summed E-state index contributed by atoms with van der Waals surface area (Å²) in [5, 5.41) is 0. The smallest absolute Gasteiger partial charge is 0.265 e. The Hall–Kier alpha value is -3.69. The molecule has 1 amide bonds. The Morgan fingerprint density at radius 1 is 1.09 bits per heavy atom. The van der Waals surface area contributed by atoms with Gasteiger partial charge in [0.05, 0.1) is 23.5 Å². The van der Waals surface area contributed by atoms with Crippen molar-refractivity contribution in [3.8, 4) is 5.75 Å². The summed E-state index contributed by atoms with van der Waals surface area (Å²) in [6, 6.07) is 10.8. The third kappa shape index (κ3) is 4.28. The highest BCUT2D eigenvalue weighted by atomic mass is 19.1. The number of nitrogens with two attached hydrogens (primary N) is 2. The Morgan fingerprint density at radius 2 is 1.80 bits per heavy atom. The van der Waals surface area contributed by atoms with Crippen molar-refractivity contribution in [2.75, 3.05) is 0 Å². The minimum Gasteiger partial charge on any atom is -0.489 e. The maximum Gasteiger partial charge on any atom is 0.265 e. The topological polar surface area (TPSA) is 103 Å². The molecule has 2 aromatic rings. The van der Waals surface area contributed by atoms with Crippen molar-refractivity contribution in [2.24, 2.45) is 33.4 Å². The van der Waals surface area contributed by atoms with E-state index < -0.39 is 11.6 Å². The van der Waals surface area contributed by atoms with Crippen LogP contribution < -0.4 is 16.3 Å². The molecule has 4 N–H and O–H groups in total. The number of aliphatic imine (C=N–C) groups is 2. The second-order valence-electron chi connectivity index (χ2n) is 9.03. The number of halogens is 2. The minimum absolute atomic E-state index is 0.105. The maximum atomic E-state index is 14.0. The van der Waals surface area contributed by atoms with Gasteiger partial charge in [0, 0.05) is 11.8 Å². The minimum atomic E-state index is -0.657. The van der Waals surface area contributed by atoms with E-state index in [9.17, 15) is 13.6 Å². The summed E-state index contributed by atoms with van der Waals surface area (Å²) in [4.78, 5) is 20.8. The summed E-state index contributed by atoms with van der Waals surface area (Å²) < 4.78 is 33.6. The molecular weight excluding hydrogens is 452 g/mol. The molecule has 2 heterocycles. The molecule has 7 nitrogen and oxygen atoms in total. The van der Waals surface area contributed by atoms with Crippen molar-refractivity contribution in [3.05, 3.63) is 89.0 Å². The van der Waals surface area contributed by atoms with Gasteiger partial charge in [0.15, 0.2) is 0 Å². The predicted octanol–water partition coefficient (Wildman–Crippen LogP) is 4.05. The number of ether oxygens (including phenoxy) is 1. The molecule has 1 saturated carbocycles. The SMILES string of the molecule is NC(=O)C1CCC(C2=C3C=NC=C[N+]3(N)C(c3cccc(OCc4c(F)cccc4F)c3)=N2)CC1. The molecule has 1 fully saturated rings. The van der Waals surface area contributed by atoms with Crippen LogP contribution in [0.4, 0.5) is 8.78 Å². The van der Waals surface area contributed by atoms with Crippen LogP contribution >= 0.6 is 0 Å². The number of fused-ring (bicyclic) bond motifs is 1. The molecule has 9 heteroatoms. The van der Waals surface area contributed by atoms with E-state index in [1.54, 1.807) is 36.8 Å². The van der Waals surface area contributed by atoms with Crippen LogP contribution in [0.2, 0.25) is 0 Å². The number of amidine groups is 1. The van der Waals surface area contributed by atoms with Crippen molar-refractivity contribution in [2.45, 2.75) is 32.3 Å². The number of allylic oxidation sites excluding steroid dienone is 2. The van der Waals surface area contributed by atoms with Crippen LogP contribution in [0, 0.1) is 23.5 Å². The Kier molecular flexibility index (Phi) is 6.04. The first-order chi connectivity index (χ1) is 16.9. The van der Waals surface area contributed by atoms with E-state index in [0.29, 0.717) is 11.6 Å². The summed E-state index contributed by atoms with van der Waals surface area (Å²) >= 11 is 0. The van der Waals surface area contributed by atoms with Crippen molar-refractivity contribution in [3.63, 3.8) is 0 Å². The number of nitrogens with zero attached hydrogens (tertiary/aromatic N) is 3. The van der Waals surface area contributed by atoms with E-state index in [4.69, 9.17) is 21.3 Å². The van der Waals surface area contributed by atoms with Gasteiger partial charge in [0.2, 0.25) is 11.6 Å². The lowest BCUT2D eigenvalue weighted by Crippen LogP contribution is -2.53. The second-order valence-corrected chi connectivity index (χ2v) is 9.03. The van der Waals surface area contributed by atoms with E-state index in [1.807, 2.05) is 6.07 Å². The van der Waals surface area contributed by atoms with E-state index >= 15 is 0 Å². The molecule has 3 aliphatic rings. The Labute approximate surface area is 201 Å². The number of benzene rings is 2. The van der Waals surface area contributed by atoms with Gasteiger partial charge in [-0.15, -0.1) is 4.59 Å². The van der Waals surface area contributed by atoms with Gasteiger partial charge in [-0.1, -0.05) is 12.1 Å². The Balaban J connectivity index is 1.42. The van der Waals surface area contributed by atoms with Crippen molar-refractivity contribution in [1.29, 1.82) is 0 Å². The normalized spacial score (nSPS) is 25.4. The molecule has 35 heavy (non-hydrogen) atoms.